The number of para-hydroxylation sites is 1. The summed E-state index contributed by atoms with van der Waals surface area (Å²) in [4.78, 5) is 15.3. The van der Waals surface area contributed by atoms with Crippen LogP contribution in [0.25, 0.3) is 5.69 Å². The van der Waals surface area contributed by atoms with Gasteiger partial charge in [0, 0.05) is 55.8 Å². The lowest BCUT2D eigenvalue weighted by Crippen LogP contribution is -2.42. The lowest BCUT2D eigenvalue weighted by atomic mass is 9.94. The highest BCUT2D eigenvalue weighted by molar-refractivity contribution is 7.98. The molecule has 2 aliphatic rings. The van der Waals surface area contributed by atoms with Gasteiger partial charge in [-0.15, -0.1) is 0 Å². The average molecular weight is 500 g/mol. The Morgan fingerprint density at radius 1 is 1.14 bits per heavy atom. The van der Waals surface area contributed by atoms with Crippen molar-refractivity contribution in [1.29, 1.82) is 0 Å². The third-order valence-electron chi connectivity index (χ3n) is 6.42. The Morgan fingerprint density at radius 3 is 2.66 bits per heavy atom. The first-order chi connectivity index (χ1) is 17.0. The molecular weight excluding hydrogens is 472 g/mol. The lowest BCUT2D eigenvalue weighted by Gasteiger charge is -2.21. The van der Waals surface area contributed by atoms with Gasteiger partial charge in [-0.3, -0.25) is 10.2 Å². The largest absolute Gasteiger partial charge is 0.383 e. The number of nitrogens with zero attached hydrogens (tertiary/aromatic N) is 3. The van der Waals surface area contributed by atoms with E-state index >= 15 is 0 Å². The van der Waals surface area contributed by atoms with Crippen LogP contribution in [0, 0.1) is 11.6 Å². The second-order valence-electron chi connectivity index (χ2n) is 8.78. The zero-order valence-corrected chi connectivity index (χ0v) is 20.2. The van der Waals surface area contributed by atoms with Crippen LogP contribution in [0.4, 0.5) is 19.4 Å². The summed E-state index contributed by atoms with van der Waals surface area (Å²) in [6.07, 6.45) is 0. The molecule has 1 aromatic heterocycles. The Labute approximate surface area is 206 Å². The number of benzene rings is 2. The van der Waals surface area contributed by atoms with Gasteiger partial charge in [-0.2, -0.15) is 16.9 Å². The summed E-state index contributed by atoms with van der Waals surface area (Å²) in [7, 11) is 1.63. The topological polar surface area (TPSA) is 71.4 Å². The maximum Gasteiger partial charge on any atom is 0.320 e. The zero-order chi connectivity index (χ0) is 24.4. The normalized spacial score (nSPS) is 19.6. The molecule has 2 amide bonds. The SMILES string of the molecule is COCCN1C[C@@H](NC(=O)Nc2c3c(nn2-c2ccccc2)CSC3)[C@H](c2cc(F)cc(F)c2)C1. The fourth-order valence-corrected chi connectivity index (χ4v) is 5.81. The second-order valence-corrected chi connectivity index (χ2v) is 9.77. The number of thioether (sulfide) groups is 1. The van der Waals surface area contributed by atoms with Crippen LogP contribution in [0.15, 0.2) is 48.5 Å². The zero-order valence-electron chi connectivity index (χ0n) is 19.3. The van der Waals surface area contributed by atoms with E-state index in [1.165, 1.54) is 12.1 Å². The van der Waals surface area contributed by atoms with Crippen LogP contribution in [-0.2, 0) is 16.2 Å². The smallest absolute Gasteiger partial charge is 0.320 e. The van der Waals surface area contributed by atoms with E-state index < -0.39 is 11.6 Å². The maximum absolute atomic E-state index is 14.0. The summed E-state index contributed by atoms with van der Waals surface area (Å²) >= 11 is 1.76. The number of nitrogens with one attached hydrogen (secondary N) is 2. The Kier molecular flexibility index (Phi) is 7.03. The highest BCUT2D eigenvalue weighted by Gasteiger charge is 2.35. The number of carbonyl (C=O) groups is 1. The number of rotatable bonds is 7. The van der Waals surface area contributed by atoms with E-state index in [0.717, 1.165) is 34.5 Å². The van der Waals surface area contributed by atoms with E-state index in [9.17, 15) is 13.6 Å². The van der Waals surface area contributed by atoms with Gasteiger partial charge in [0.15, 0.2) is 0 Å². The van der Waals surface area contributed by atoms with Gasteiger partial charge < -0.3 is 10.1 Å². The highest BCUT2D eigenvalue weighted by atomic mass is 32.2. The summed E-state index contributed by atoms with van der Waals surface area (Å²) < 4.78 is 34.9. The van der Waals surface area contributed by atoms with Crippen molar-refractivity contribution in [3.05, 3.63) is 77.0 Å². The predicted molar refractivity (Wildman–Crippen MR) is 132 cm³/mol. The Bertz CT molecular complexity index is 1190. The fourth-order valence-electron chi connectivity index (χ4n) is 4.77. The summed E-state index contributed by atoms with van der Waals surface area (Å²) in [5, 5.41) is 10.8. The van der Waals surface area contributed by atoms with E-state index in [1.807, 2.05) is 30.3 Å². The van der Waals surface area contributed by atoms with Crippen molar-refractivity contribution in [2.45, 2.75) is 23.5 Å². The molecule has 35 heavy (non-hydrogen) atoms. The number of methoxy groups -OCH3 is 1. The molecule has 2 atom stereocenters. The minimum atomic E-state index is -0.627. The van der Waals surface area contributed by atoms with Crippen molar-refractivity contribution >= 4 is 23.6 Å². The molecule has 0 aliphatic carbocycles. The Morgan fingerprint density at radius 2 is 1.91 bits per heavy atom. The number of fused-ring (bicyclic) bond motifs is 1. The second kappa shape index (κ2) is 10.3. The monoisotopic (exact) mass is 499 g/mol. The van der Waals surface area contributed by atoms with Gasteiger partial charge >= 0.3 is 6.03 Å². The molecule has 7 nitrogen and oxygen atoms in total. The number of urea groups is 1. The first-order valence-electron chi connectivity index (χ1n) is 11.5. The molecule has 184 valence electrons. The van der Waals surface area contributed by atoms with Crippen molar-refractivity contribution in [3.63, 3.8) is 0 Å². The number of carbonyl (C=O) groups excluding carboxylic acids is 1. The van der Waals surface area contributed by atoms with Crippen LogP contribution in [-0.4, -0.2) is 60.1 Å². The van der Waals surface area contributed by atoms with Gasteiger partial charge in [-0.25, -0.2) is 18.3 Å². The van der Waals surface area contributed by atoms with Crippen LogP contribution in [0.2, 0.25) is 0 Å². The number of ether oxygens (including phenoxy) is 1. The number of amides is 2. The number of anilines is 1. The summed E-state index contributed by atoms with van der Waals surface area (Å²) in [6.45, 7) is 2.30. The molecule has 1 fully saturated rings. The minimum absolute atomic E-state index is 0.261. The number of halogens is 2. The molecule has 0 saturated carbocycles. The molecule has 2 aliphatic heterocycles. The van der Waals surface area contributed by atoms with Crippen LogP contribution in [0.3, 0.4) is 0 Å². The van der Waals surface area contributed by atoms with Crippen LogP contribution >= 0.6 is 11.8 Å². The van der Waals surface area contributed by atoms with Gasteiger partial charge in [-0.1, -0.05) is 18.2 Å². The number of hydrogen-bond acceptors (Lipinski definition) is 5. The van der Waals surface area contributed by atoms with E-state index in [0.29, 0.717) is 37.6 Å². The number of likely N-dealkylation sites (tertiary alicyclic amines) is 1. The van der Waals surface area contributed by atoms with E-state index in [2.05, 4.69) is 15.5 Å². The van der Waals surface area contributed by atoms with E-state index in [4.69, 9.17) is 9.84 Å². The van der Waals surface area contributed by atoms with E-state index in [-0.39, 0.29) is 18.0 Å². The molecule has 3 aromatic rings. The molecule has 0 spiro atoms. The van der Waals surface area contributed by atoms with Gasteiger partial charge in [-0.05, 0) is 29.8 Å². The Hall–Kier alpha value is -2.95. The third-order valence-corrected chi connectivity index (χ3v) is 7.39. The van der Waals surface area contributed by atoms with Crippen molar-refractivity contribution in [3.8, 4) is 5.69 Å². The molecule has 3 heterocycles. The van der Waals surface area contributed by atoms with Gasteiger partial charge in [0.1, 0.15) is 17.5 Å². The molecule has 1 saturated heterocycles. The fraction of sp³-hybridized carbons (Fsp3) is 0.360. The van der Waals surface area contributed by atoms with Crippen molar-refractivity contribution < 1.29 is 18.3 Å². The van der Waals surface area contributed by atoms with Crippen LogP contribution < -0.4 is 10.6 Å². The quantitative estimate of drug-likeness (QED) is 0.512. The third kappa shape index (κ3) is 5.19. The summed E-state index contributed by atoms with van der Waals surface area (Å²) in [6, 6.07) is 12.5. The highest BCUT2D eigenvalue weighted by Crippen LogP contribution is 2.36. The first kappa shape index (κ1) is 23.8. The Balaban J connectivity index is 1.37. The minimum Gasteiger partial charge on any atom is -0.383 e. The molecule has 2 N–H and O–H groups in total. The van der Waals surface area contributed by atoms with Crippen LogP contribution in [0.1, 0.15) is 22.7 Å². The summed E-state index contributed by atoms with van der Waals surface area (Å²) in [5.74, 6) is 0.712. The molecule has 2 aromatic carbocycles. The number of aromatic nitrogens is 2. The molecule has 0 radical (unpaired) electrons. The van der Waals surface area contributed by atoms with Crippen molar-refractivity contribution in [2.24, 2.45) is 0 Å². The number of hydrogen-bond donors (Lipinski definition) is 2. The van der Waals surface area contributed by atoms with Gasteiger partial charge in [0.25, 0.3) is 0 Å². The lowest BCUT2D eigenvalue weighted by molar-refractivity contribution is 0.159. The predicted octanol–water partition coefficient (Wildman–Crippen LogP) is 4.13. The molecule has 0 unspecified atom stereocenters. The molecule has 0 bridgehead atoms. The average Bonchev–Trinajstić information content (AvgIpc) is 3.54. The van der Waals surface area contributed by atoms with Crippen molar-refractivity contribution in [2.75, 3.05) is 38.7 Å². The molecule has 5 rings (SSSR count). The molecule has 10 heteroatoms. The van der Waals surface area contributed by atoms with Gasteiger partial charge in [0.2, 0.25) is 0 Å². The van der Waals surface area contributed by atoms with Gasteiger partial charge in [0.05, 0.1) is 24.0 Å². The van der Waals surface area contributed by atoms with Crippen LogP contribution in [0.5, 0.6) is 0 Å². The molecular formula is C25H27F2N5O2S. The standard InChI is InChI=1S/C25H27F2N5O2S/c1-34-8-7-31-12-20(16-9-17(26)11-18(27)10-16)22(13-31)28-25(33)29-24-21-14-35-15-23(21)30-32(24)19-5-3-2-4-6-19/h2-6,9-11,20,22H,7-8,12-15H2,1H3,(H2,28,29,33)/t20-,22+/m0/s1. The first-order valence-corrected chi connectivity index (χ1v) is 12.7. The summed E-state index contributed by atoms with van der Waals surface area (Å²) in [5.41, 5.74) is 3.38. The van der Waals surface area contributed by atoms with Crippen molar-refractivity contribution in [1.82, 2.24) is 20.0 Å². The maximum atomic E-state index is 14.0. The van der Waals surface area contributed by atoms with E-state index in [1.54, 1.807) is 23.6 Å².